The minimum Gasteiger partial charge on any atom is -0.320 e. The van der Waals surface area contributed by atoms with Gasteiger partial charge in [0.2, 0.25) is 0 Å². The Balaban J connectivity index is 1.72. The minimum atomic E-state index is -6.14. The van der Waals surface area contributed by atoms with Gasteiger partial charge >= 0.3 is 15.6 Å². The predicted octanol–water partition coefficient (Wildman–Crippen LogP) is 9.59. The average Bonchev–Trinajstić information content (AvgIpc) is 3.00. The van der Waals surface area contributed by atoms with Crippen molar-refractivity contribution in [1.29, 1.82) is 0 Å². The summed E-state index contributed by atoms with van der Waals surface area (Å²) in [6, 6.07) is 20.4. The smallest absolute Gasteiger partial charge is 0.320 e. The third kappa shape index (κ3) is 4.88. The molecule has 3 aliphatic rings. The first-order valence-corrected chi connectivity index (χ1v) is 18.2. The highest BCUT2D eigenvalue weighted by Crippen LogP contribution is 2.76. The first-order chi connectivity index (χ1) is 20.1. The Morgan fingerprint density at radius 2 is 1.29 bits per heavy atom. The Bertz CT molecular complexity index is 1610. The molecule has 224 valence electrons. The second kappa shape index (κ2) is 11.3. The highest BCUT2D eigenvalue weighted by Gasteiger charge is 2.65. The molecule has 0 N–H and O–H groups in total. The Kier molecular flexibility index (Phi) is 7.95. The molecular formula is C33H36F3O4PS. The van der Waals surface area contributed by atoms with Crippen molar-refractivity contribution in [3.63, 3.8) is 0 Å². The summed E-state index contributed by atoms with van der Waals surface area (Å²) < 4.78 is 91.2. The normalized spacial score (nSPS) is 24.5. The molecule has 0 aliphatic heterocycles. The Labute approximate surface area is 245 Å². The fourth-order valence-corrected chi connectivity index (χ4v) is 14.2. The van der Waals surface area contributed by atoms with Gasteiger partial charge in [-0.1, -0.05) is 111 Å². The first-order valence-electron chi connectivity index (χ1n) is 15.0. The maximum Gasteiger partial charge on any atom is 0.523 e. The number of alkyl halides is 3. The van der Waals surface area contributed by atoms with Crippen molar-refractivity contribution in [2.75, 3.05) is 0 Å². The van der Waals surface area contributed by atoms with E-state index in [4.69, 9.17) is 4.18 Å². The van der Waals surface area contributed by atoms with Crippen molar-refractivity contribution >= 4 is 34.1 Å². The summed E-state index contributed by atoms with van der Waals surface area (Å²) in [7, 11) is -10.0. The molecule has 0 spiro atoms. The molecule has 0 heterocycles. The van der Waals surface area contributed by atoms with Gasteiger partial charge in [-0.3, -0.25) is 0 Å². The largest absolute Gasteiger partial charge is 0.523 e. The van der Waals surface area contributed by atoms with Crippen molar-refractivity contribution in [3.05, 3.63) is 89.5 Å². The van der Waals surface area contributed by atoms with Gasteiger partial charge in [0.1, 0.15) is 7.14 Å². The molecule has 4 nitrogen and oxygen atoms in total. The van der Waals surface area contributed by atoms with Crippen molar-refractivity contribution in [1.82, 2.24) is 0 Å². The number of rotatable bonds is 6. The fraction of sp³-hybridized carbons (Fsp3) is 0.455. The molecule has 0 amide bonds. The molecule has 3 aromatic carbocycles. The van der Waals surface area contributed by atoms with E-state index in [1.807, 2.05) is 60.7 Å². The van der Waals surface area contributed by atoms with Crippen molar-refractivity contribution in [2.45, 2.75) is 92.3 Å². The third-order valence-corrected chi connectivity index (χ3v) is 15.6. The maximum absolute atomic E-state index is 16.3. The summed E-state index contributed by atoms with van der Waals surface area (Å²) in [6.45, 7) is 0. The molecule has 42 heavy (non-hydrogen) atoms. The van der Waals surface area contributed by atoms with Crippen molar-refractivity contribution in [3.8, 4) is 0 Å². The Hall–Kier alpha value is -2.41. The summed E-state index contributed by atoms with van der Waals surface area (Å²) in [4.78, 5) is 0. The molecule has 2 atom stereocenters. The standard InChI is InChI=1S/C33H36F3O4PS/c34-33(35,36)42(38,39)40-32(41(37,26-15-3-1-4-16-26)27-17-5-2-6-18-27)23-22-25-13-8-10-20-29(25)31(32)30-21-11-14-24-12-7-9-19-28(24)30/h7-14,19-23,26-27,31H,1-6,15-18H2. The van der Waals surface area contributed by atoms with Gasteiger partial charge in [0.15, 0.2) is 5.34 Å². The predicted molar refractivity (Wildman–Crippen MR) is 161 cm³/mol. The van der Waals surface area contributed by atoms with Crippen LogP contribution in [0.3, 0.4) is 0 Å². The third-order valence-electron chi connectivity index (χ3n) is 9.66. The van der Waals surface area contributed by atoms with E-state index in [1.54, 1.807) is 12.1 Å². The molecule has 0 bridgehead atoms. The van der Waals surface area contributed by atoms with Crippen LogP contribution in [-0.2, 0) is 18.9 Å². The molecule has 0 saturated heterocycles. The van der Waals surface area contributed by atoms with E-state index >= 15 is 4.57 Å². The van der Waals surface area contributed by atoms with Crippen LogP contribution in [0.4, 0.5) is 13.2 Å². The summed E-state index contributed by atoms with van der Waals surface area (Å²) in [5.74, 6) is -1.03. The van der Waals surface area contributed by atoms with E-state index in [2.05, 4.69) is 0 Å². The number of hydrogen-bond acceptors (Lipinski definition) is 4. The van der Waals surface area contributed by atoms with Gasteiger partial charge < -0.3 is 4.57 Å². The van der Waals surface area contributed by atoms with E-state index in [0.29, 0.717) is 36.8 Å². The molecule has 2 saturated carbocycles. The molecular weight excluding hydrogens is 580 g/mol. The molecule has 3 aromatic rings. The van der Waals surface area contributed by atoms with Crippen molar-refractivity contribution < 1.29 is 30.3 Å². The lowest BCUT2D eigenvalue weighted by Gasteiger charge is -2.52. The molecule has 0 radical (unpaired) electrons. The van der Waals surface area contributed by atoms with Crippen LogP contribution in [0, 0.1) is 0 Å². The van der Waals surface area contributed by atoms with Crippen molar-refractivity contribution in [2.24, 2.45) is 0 Å². The topological polar surface area (TPSA) is 60.4 Å². The van der Waals surface area contributed by atoms with Gasteiger partial charge in [-0.15, -0.1) is 0 Å². The second-order valence-corrected chi connectivity index (χ2v) is 17.1. The molecule has 2 fully saturated rings. The number of benzene rings is 3. The van der Waals surface area contributed by atoms with Gasteiger partial charge in [0.05, 0.1) is 5.92 Å². The SMILES string of the molecule is O=P(C1CCCCC1)(C1CCCCC1)C1(OS(=O)(=O)C(F)(F)F)C=Cc2ccccc2C1c1cccc2ccccc12. The zero-order chi connectivity index (χ0) is 29.6. The van der Waals surface area contributed by atoms with E-state index in [1.165, 1.54) is 6.08 Å². The number of halogens is 3. The van der Waals surface area contributed by atoms with Gasteiger partial charge in [-0.2, -0.15) is 21.6 Å². The second-order valence-electron chi connectivity index (χ2n) is 12.0. The van der Waals surface area contributed by atoms with Crippen LogP contribution >= 0.6 is 7.14 Å². The van der Waals surface area contributed by atoms with E-state index < -0.39 is 45.3 Å². The molecule has 6 rings (SSSR count). The quantitative estimate of drug-likeness (QED) is 0.157. The Morgan fingerprint density at radius 1 is 0.738 bits per heavy atom. The van der Waals surface area contributed by atoms with Crippen LogP contribution in [-0.4, -0.2) is 30.6 Å². The summed E-state index contributed by atoms with van der Waals surface area (Å²) in [5.41, 5.74) is -4.53. The van der Waals surface area contributed by atoms with Crippen LogP contribution in [0.25, 0.3) is 16.8 Å². The lowest BCUT2D eigenvalue weighted by atomic mass is 9.78. The van der Waals surface area contributed by atoms with Gasteiger partial charge in [0.25, 0.3) is 0 Å². The maximum atomic E-state index is 16.3. The van der Waals surface area contributed by atoms with Gasteiger partial charge in [0, 0.05) is 11.3 Å². The van der Waals surface area contributed by atoms with Crippen LogP contribution in [0.2, 0.25) is 0 Å². The average molecular weight is 617 g/mol. The lowest BCUT2D eigenvalue weighted by Crippen LogP contribution is -2.49. The summed E-state index contributed by atoms with van der Waals surface area (Å²) >= 11 is 0. The Morgan fingerprint density at radius 3 is 1.93 bits per heavy atom. The monoisotopic (exact) mass is 616 g/mol. The van der Waals surface area contributed by atoms with E-state index in [9.17, 15) is 21.6 Å². The number of fused-ring (bicyclic) bond motifs is 2. The zero-order valence-electron chi connectivity index (χ0n) is 23.4. The van der Waals surface area contributed by atoms with Crippen LogP contribution < -0.4 is 0 Å². The first kappa shape index (κ1) is 29.7. The number of hydrogen-bond donors (Lipinski definition) is 0. The van der Waals surface area contributed by atoms with Crippen LogP contribution in [0.5, 0.6) is 0 Å². The lowest BCUT2D eigenvalue weighted by molar-refractivity contribution is -0.0582. The van der Waals surface area contributed by atoms with Gasteiger partial charge in [-0.25, -0.2) is 4.18 Å². The minimum absolute atomic E-state index is 0.426. The van der Waals surface area contributed by atoms with Crippen LogP contribution in [0.15, 0.2) is 72.8 Å². The fourth-order valence-electron chi connectivity index (χ4n) is 7.82. The molecule has 0 aromatic heterocycles. The van der Waals surface area contributed by atoms with Gasteiger partial charge in [-0.05, 0) is 59.2 Å². The van der Waals surface area contributed by atoms with E-state index in [0.717, 1.165) is 54.9 Å². The van der Waals surface area contributed by atoms with E-state index in [-0.39, 0.29) is 0 Å². The summed E-state index contributed by atoms with van der Waals surface area (Å²) in [6.07, 6.45) is 10.6. The molecule has 3 aliphatic carbocycles. The van der Waals surface area contributed by atoms with Crippen LogP contribution in [0.1, 0.15) is 86.8 Å². The highest BCUT2D eigenvalue weighted by molar-refractivity contribution is 7.88. The molecule has 9 heteroatoms. The highest BCUT2D eigenvalue weighted by atomic mass is 32.2. The summed E-state index contributed by atoms with van der Waals surface area (Å²) in [5, 5.41) is -0.602. The molecule has 2 unspecified atom stereocenters. The zero-order valence-corrected chi connectivity index (χ0v) is 25.1.